The lowest BCUT2D eigenvalue weighted by molar-refractivity contribution is -0.111. The van der Waals surface area contributed by atoms with Crippen LogP contribution in [-0.2, 0) is 14.8 Å². The molecule has 2 aromatic carbocycles. The van der Waals surface area contributed by atoms with Crippen molar-refractivity contribution in [3.63, 3.8) is 0 Å². The Bertz CT molecular complexity index is 1680. The average molecular weight is 561 g/mol. The zero-order valence-electron chi connectivity index (χ0n) is 21.1. The molecule has 0 aliphatic rings. The maximum Gasteiger partial charge on any atom is 0.269 e. The number of primary sulfonamides is 1. The van der Waals surface area contributed by atoms with Gasteiger partial charge in [0.05, 0.1) is 6.20 Å². The smallest absolute Gasteiger partial charge is 0.269 e. The molecule has 0 saturated carbocycles. The predicted molar refractivity (Wildman–Crippen MR) is 149 cm³/mol. The quantitative estimate of drug-likeness (QED) is 0.180. The Balaban J connectivity index is 1.52. The number of rotatable bonds is 10. The number of nitrogens with one attached hydrogen (secondary N) is 4. The van der Waals surface area contributed by atoms with Crippen molar-refractivity contribution in [3.8, 4) is 11.5 Å². The number of pyridine rings is 1. The summed E-state index contributed by atoms with van der Waals surface area (Å²) in [6.07, 6.45) is 3.68. The van der Waals surface area contributed by atoms with Gasteiger partial charge in [-0.05, 0) is 54.6 Å². The third-order valence-corrected chi connectivity index (χ3v) is 6.09. The number of anilines is 5. The minimum absolute atomic E-state index is 0.0724. The summed E-state index contributed by atoms with van der Waals surface area (Å²) in [7, 11) is -2.65. The molecule has 0 atom stereocenters. The number of nitrogens with zero attached hydrogens (tertiary/aromatic N) is 3. The summed E-state index contributed by atoms with van der Waals surface area (Å²) in [5.41, 5.74) is 1.69. The van der Waals surface area contributed by atoms with E-state index in [0.717, 1.165) is 12.3 Å². The van der Waals surface area contributed by atoms with Crippen molar-refractivity contribution in [2.45, 2.75) is 4.90 Å². The molecule has 204 valence electrons. The Kier molecular flexibility index (Phi) is 8.32. The molecule has 0 aliphatic carbocycles. The molecule has 14 heteroatoms. The average Bonchev–Trinajstić information content (AvgIpc) is 2.93. The molecule has 4 aromatic rings. The first-order valence-electron chi connectivity index (χ1n) is 11.6. The number of ether oxygens (including phenoxy) is 1. The highest BCUT2D eigenvalue weighted by molar-refractivity contribution is 7.89. The van der Waals surface area contributed by atoms with Crippen LogP contribution in [0.15, 0.2) is 90.6 Å². The molecule has 2 amide bonds. The zero-order valence-corrected chi connectivity index (χ0v) is 21.9. The van der Waals surface area contributed by atoms with E-state index >= 15 is 0 Å². The highest BCUT2D eigenvalue weighted by Gasteiger charge is 2.18. The van der Waals surface area contributed by atoms with Crippen LogP contribution in [0.5, 0.6) is 11.5 Å². The van der Waals surface area contributed by atoms with Gasteiger partial charge in [-0.3, -0.25) is 14.6 Å². The topological polar surface area (TPSA) is 190 Å². The number of hydrogen-bond acceptors (Lipinski definition) is 10. The van der Waals surface area contributed by atoms with Gasteiger partial charge in [0.25, 0.3) is 5.91 Å². The van der Waals surface area contributed by atoms with Crippen LogP contribution in [0.4, 0.5) is 28.8 Å². The standard InChI is InChI=1S/C26H24N8O5S/c1-3-23(35)31-17-5-4-6-18(13-17)32-24-22(40(27,37)38)15-30-26(34-24)33-16-7-9-19(10-8-16)39-20-11-12-29-21(14-20)25(36)28-2/h3-15H,1H2,2H3,(H,28,36)(H,31,35)(H2,27,37,38)(H2,30,32,33,34). The zero-order chi connectivity index (χ0) is 28.7. The number of amides is 2. The molecule has 4 rings (SSSR count). The minimum Gasteiger partial charge on any atom is -0.457 e. The van der Waals surface area contributed by atoms with Gasteiger partial charge in [0.15, 0.2) is 5.82 Å². The van der Waals surface area contributed by atoms with Crippen LogP contribution in [0.1, 0.15) is 10.5 Å². The molecule has 2 heterocycles. The number of benzene rings is 2. The van der Waals surface area contributed by atoms with Crippen LogP contribution in [-0.4, -0.2) is 42.2 Å². The van der Waals surface area contributed by atoms with Crippen molar-refractivity contribution in [1.82, 2.24) is 20.3 Å². The molecule has 0 spiro atoms. The predicted octanol–water partition coefficient (Wildman–Crippen LogP) is 3.28. The fraction of sp³-hybridized carbons (Fsp3) is 0.0385. The molecular weight excluding hydrogens is 536 g/mol. The summed E-state index contributed by atoms with van der Waals surface area (Å²) in [5, 5.41) is 16.4. The number of aromatic nitrogens is 3. The SMILES string of the molecule is C=CC(=O)Nc1cccc(Nc2nc(Nc3ccc(Oc4ccnc(C(=O)NC)c4)cc3)ncc2S(N)(=O)=O)c1. The summed E-state index contributed by atoms with van der Waals surface area (Å²) < 4.78 is 30.1. The summed E-state index contributed by atoms with van der Waals surface area (Å²) in [6.45, 7) is 3.41. The molecular formula is C26H24N8O5S. The van der Waals surface area contributed by atoms with Gasteiger partial charge >= 0.3 is 0 Å². The maximum atomic E-state index is 12.2. The summed E-state index contributed by atoms with van der Waals surface area (Å²) in [5.74, 6) is 0.206. The van der Waals surface area contributed by atoms with Crippen molar-refractivity contribution < 1.29 is 22.7 Å². The van der Waals surface area contributed by atoms with E-state index in [2.05, 4.69) is 42.8 Å². The van der Waals surface area contributed by atoms with E-state index < -0.39 is 15.9 Å². The molecule has 0 unspecified atom stereocenters. The highest BCUT2D eigenvalue weighted by atomic mass is 32.2. The molecule has 40 heavy (non-hydrogen) atoms. The van der Waals surface area contributed by atoms with Crippen molar-refractivity contribution in [1.29, 1.82) is 0 Å². The fourth-order valence-electron chi connectivity index (χ4n) is 3.33. The maximum absolute atomic E-state index is 12.2. The Morgan fingerprint density at radius 2 is 1.70 bits per heavy atom. The molecule has 0 fully saturated rings. The van der Waals surface area contributed by atoms with Gasteiger partial charge in [-0.15, -0.1) is 0 Å². The number of nitrogens with two attached hydrogens (primary N) is 1. The van der Waals surface area contributed by atoms with Crippen LogP contribution in [0.25, 0.3) is 0 Å². The van der Waals surface area contributed by atoms with E-state index in [1.165, 1.54) is 19.3 Å². The second-order valence-corrected chi connectivity index (χ2v) is 9.59. The van der Waals surface area contributed by atoms with Gasteiger partial charge in [0, 0.05) is 36.4 Å². The van der Waals surface area contributed by atoms with E-state index in [1.807, 2.05) is 0 Å². The largest absolute Gasteiger partial charge is 0.457 e. The number of carbonyl (C=O) groups excluding carboxylic acids is 2. The van der Waals surface area contributed by atoms with Crippen molar-refractivity contribution in [2.75, 3.05) is 23.0 Å². The van der Waals surface area contributed by atoms with Gasteiger partial charge < -0.3 is 26.0 Å². The molecule has 13 nitrogen and oxygen atoms in total. The van der Waals surface area contributed by atoms with Crippen LogP contribution < -0.4 is 31.1 Å². The molecule has 0 bridgehead atoms. The van der Waals surface area contributed by atoms with Gasteiger partial charge in [-0.1, -0.05) is 12.6 Å². The number of hydrogen-bond donors (Lipinski definition) is 5. The van der Waals surface area contributed by atoms with Crippen LogP contribution in [0, 0.1) is 0 Å². The fourth-order valence-corrected chi connectivity index (χ4v) is 3.90. The molecule has 2 aromatic heterocycles. The third-order valence-electron chi connectivity index (χ3n) is 5.18. The van der Waals surface area contributed by atoms with Crippen molar-refractivity contribution in [3.05, 3.63) is 91.4 Å². The number of carbonyl (C=O) groups is 2. The van der Waals surface area contributed by atoms with E-state index in [-0.39, 0.29) is 28.3 Å². The minimum atomic E-state index is -4.17. The first kappa shape index (κ1) is 27.7. The van der Waals surface area contributed by atoms with Crippen molar-refractivity contribution in [2.24, 2.45) is 5.14 Å². The van der Waals surface area contributed by atoms with Gasteiger partial charge in [-0.25, -0.2) is 18.5 Å². The van der Waals surface area contributed by atoms with Crippen LogP contribution in [0.2, 0.25) is 0 Å². The van der Waals surface area contributed by atoms with Gasteiger partial charge in [0.2, 0.25) is 21.9 Å². The number of sulfonamides is 1. The first-order valence-corrected chi connectivity index (χ1v) is 13.1. The normalized spacial score (nSPS) is 10.8. The van der Waals surface area contributed by atoms with Gasteiger partial charge in [-0.2, -0.15) is 4.98 Å². The third kappa shape index (κ3) is 7.15. The Morgan fingerprint density at radius 3 is 2.40 bits per heavy atom. The van der Waals surface area contributed by atoms with E-state index in [9.17, 15) is 18.0 Å². The summed E-state index contributed by atoms with van der Waals surface area (Å²) in [4.78, 5) is 35.4. The summed E-state index contributed by atoms with van der Waals surface area (Å²) in [6, 6.07) is 16.5. The van der Waals surface area contributed by atoms with E-state index in [4.69, 9.17) is 9.88 Å². The Labute approximate surface area is 229 Å². The first-order chi connectivity index (χ1) is 19.1. The van der Waals surface area contributed by atoms with Crippen LogP contribution in [0.3, 0.4) is 0 Å². The van der Waals surface area contributed by atoms with E-state index in [0.29, 0.717) is 28.6 Å². The molecule has 6 N–H and O–H groups in total. The summed E-state index contributed by atoms with van der Waals surface area (Å²) >= 11 is 0. The Morgan fingerprint density at radius 1 is 0.950 bits per heavy atom. The lowest BCUT2D eigenvalue weighted by Crippen LogP contribution is -2.18. The van der Waals surface area contributed by atoms with Crippen LogP contribution >= 0.6 is 0 Å². The Hall–Kier alpha value is -5.34. The lowest BCUT2D eigenvalue weighted by Gasteiger charge is -2.13. The monoisotopic (exact) mass is 560 g/mol. The highest BCUT2D eigenvalue weighted by Crippen LogP contribution is 2.27. The van der Waals surface area contributed by atoms with E-state index in [1.54, 1.807) is 54.6 Å². The van der Waals surface area contributed by atoms with Gasteiger partial charge in [0.1, 0.15) is 22.1 Å². The second-order valence-electron chi connectivity index (χ2n) is 8.06. The second kappa shape index (κ2) is 12.0. The molecule has 0 radical (unpaired) electrons. The lowest BCUT2D eigenvalue weighted by atomic mass is 10.2. The molecule has 0 aliphatic heterocycles. The van der Waals surface area contributed by atoms with Crippen molar-refractivity contribution >= 4 is 50.7 Å². The molecule has 0 saturated heterocycles.